The Morgan fingerprint density at radius 2 is 1.25 bits per heavy atom. The van der Waals surface area contributed by atoms with Gasteiger partial charge in [-0.3, -0.25) is 10.4 Å². The molecule has 0 aliphatic rings. The highest BCUT2D eigenvalue weighted by Gasteiger charge is 1.97. The fourth-order valence-corrected chi connectivity index (χ4v) is 1.80. The molecule has 0 saturated heterocycles. The highest BCUT2D eigenvalue weighted by molar-refractivity contribution is 5.62. The number of benzene rings is 2. The monoisotopic (exact) mass is 329 g/mol. The molecule has 132 valence electrons. The molecule has 0 saturated carbocycles. The number of rotatable bonds is 5. The van der Waals surface area contributed by atoms with Gasteiger partial charge in [-0.15, -0.1) is 0 Å². The topological polar surface area (TPSA) is 79.3 Å². The number of nitrogens with zero attached hydrogens (tertiary/aromatic N) is 1. The second-order valence-corrected chi connectivity index (χ2v) is 4.63. The Bertz CT molecular complexity index is 561. The van der Waals surface area contributed by atoms with Gasteiger partial charge in [0.25, 0.3) is 0 Å². The van der Waals surface area contributed by atoms with Gasteiger partial charge in [-0.1, -0.05) is 31.5 Å². The summed E-state index contributed by atoms with van der Waals surface area (Å²) in [7, 11) is 3.39. The van der Waals surface area contributed by atoms with Gasteiger partial charge < -0.3 is 16.8 Å². The number of hydrazine groups is 1. The molecule has 0 heterocycles. The number of nitrogens with one attached hydrogen (secondary N) is 2. The van der Waals surface area contributed by atoms with Crippen molar-refractivity contribution >= 4 is 17.1 Å². The lowest BCUT2D eigenvalue weighted by molar-refractivity contribution is 0.550. The largest absolute Gasteiger partial charge is 0.403 e. The van der Waals surface area contributed by atoms with Gasteiger partial charge in [-0.25, -0.2) is 0 Å². The lowest BCUT2D eigenvalue weighted by Crippen LogP contribution is -2.19. The zero-order chi connectivity index (χ0) is 18.4. The normalized spacial score (nSPS) is 9.25. The van der Waals surface area contributed by atoms with Crippen LogP contribution in [-0.2, 0) is 0 Å². The molecule has 0 bridgehead atoms. The minimum atomic E-state index is 1.00. The van der Waals surface area contributed by atoms with Crippen molar-refractivity contribution in [2.24, 2.45) is 11.5 Å². The molecule has 5 nitrogen and oxygen atoms in total. The fourth-order valence-electron chi connectivity index (χ4n) is 1.80. The van der Waals surface area contributed by atoms with Gasteiger partial charge >= 0.3 is 0 Å². The van der Waals surface area contributed by atoms with E-state index in [1.165, 1.54) is 18.8 Å². The average molecular weight is 329 g/mol. The molecule has 0 radical (unpaired) electrons. The van der Waals surface area contributed by atoms with Crippen LogP contribution in [0.25, 0.3) is 0 Å². The van der Waals surface area contributed by atoms with Crippen molar-refractivity contribution in [3.05, 3.63) is 66.5 Å². The Labute approximate surface area is 146 Å². The van der Waals surface area contributed by atoms with E-state index in [0.29, 0.717) is 0 Å². The van der Waals surface area contributed by atoms with Crippen LogP contribution >= 0.6 is 0 Å². The zero-order valence-corrected chi connectivity index (χ0v) is 15.4. The van der Waals surface area contributed by atoms with Gasteiger partial charge in [0.1, 0.15) is 0 Å². The molecular formula is C19H31N5. The standard InChI is InChI=1S/C16H20N4.C2H6.CH5N/c1-13-3-5-14(6-4-13)18-15-7-9-16(10-8-15)19-20(2)12-11-17;2*1-2/h3-12,18-19H,17H2,1-2H3;1-2H3;2H2,1H3/b12-11-;;. The molecule has 24 heavy (non-hydrogen) atoms. The number of anilines is 3. The number of nitrogens with two attached hydrogens (primary N) is 2. The van der Waals surface area contributed by atoms with E-state index in [1.54, 1.807) is 11.2 Å². The van der Waals surface area contributed by atoms with E-state index in [-0.39, 0.29) is 0 Å². The molecule has 2 aromatic carbocycles. The van der Waals surface area contributed by atoms with Gasteiger partial charge in [0.05, 0.1) is 5.69 Å². The molecule has 0 aliphatic heterocycles. The van der Waals surface area contributed by atoms with Gasteiger partial charge in [-0.05, 0) is 50.4 Å². The summed E-state index contributed by atoms with van der Waals surface area (Å²) in [5.74, 6) is 0. The van der Waals surface area contributed by atoms with Crippen molar-refractivity contribution in [3.8, 4) is 0 Å². The average Bonchev–Trinajstić information content (AvgIpc) is 2.62. The minimum absolute atomic E-state index is 1.00. The Morgan fingerprint density at radius 1 is 0.833 bits per heavy atom. The Hall–Kier alpha value is -2.66. The molecule has 0 amide bonds. The van der Waals surface area contributed by atoms with Gasteiger partial charge in [0.2, 0.25) is 0 Å². The summed E-state index contributed by atoms with van der Waals surface area (Å²) in [6.07, 6.45) is 3.23. The van der Waals surface area contributed by atoms with E-state index in [9.17, 15) is 0 Å². The molecule has 0 fully saturated rings. The summed E-state index contributed by atoms with van der Waals surface area (Å²) in [4.78, 5) is 0. The molecule has 6 N–H and O–H groups in total. The molecular weight excluding hydrogens is 298 g/mol. The first-order valence-corrected chi connectivity index (χ1v) is 8.07. The van der Waals surface area contributed by atoms with Crippen molar-refractivity contribution in [2.75, 3.05) is 24.8 Å². The molecule has 0 spiro atoms. The third-order valence-electron chi connectivity index (χ3n) is 2.84. The Morgan fingerprint density at radius 3 is 1.71 bits per heavy atom. The maximum atomic E-state index is 5.33. The Kier molecular flexibility index (Phi) is 11.4. The van der Waals surface area contributed by atoms with Crippen LogP contribution in [0.15, 0.2) is 60.9 Å². The maximum Gasteiger partial charge on any atom is 0.0543 e. The van der Waals surface area contributed by atoms with Crippen LogP contribution in [0.3, 0.4) is 0 Å². The first-order valence-electron chi connectivity index (χ1n) is 8.07. The van der Waals surface area contributed by atoms with Crippen molar-refractivity contribution in [1.82, 2.24) is 5.01 Å². The first kappa shape index (κ1) is 21.3. The van der Waals surface area contributed by atoms with E-state index in [0.717, 1.165) is 17.1 Å². The van der Waals surface area contributed by atoms with Crippen LogP contribution in [-0.4, -0.2) is 19.1 Å². The second-order valence-electron chi connectivity index (χ2n) is 4.63. The number of hydrogen-bond donors (Lipinski definition) is 4. The predicted octanol–water partition coefficient (Wildman–Crippen LogP) is 4.03. The van der Waals surface area contributed by atoms with E-state index in [4.69, 9.17) is 5.73 Å². The number of hydrogen-bond acceptors (Lipinski definition) is 5. The smallest absolute Gasteiger partial charge is 0.0543 e. The van der Waals surface area contributed by atoms with Crippen LogP contribution in [0.1, 0.15) is 19.4 Å². The molecule has 2 aromatic rings. The summed E-state index contributed by atoms with van der Waals surface area (Å²) >= 11 is 0. The lowest BCUT2D eigenvalue weighted by Gasteiger charge is -2.17. The van der Waals surface area contributed by atoms with Gasteiger partial charge in [-0.2, -0.15) is 0 Å². The van der Waals surface area contributed by atoms with E-state index >= 15 is 0 Å². The van der Waals surface area contributed by atoms with E-state index in [2.05, 4.69) is 47.7 Å². The van der Waals surface area contributed by atoms with Crippen molar-refractivity contribution in [3.63, 3.8) is 0 Å². The van der Waals surface area contributed by atoms with Crippen LogP contribution in [0.5, 0.6) is 0 Å². The zero-order valence-electron chi connectivity index (χ0n) is 15.4. The second kappa shape index (κ2) is 12.8. The predicted molar refractivity (Wildman–Crippen MR) is 107 cm³/mol. The van der Waals surface area contributed by atoms with Crippen LogP contribution in [0.2, 0.25) is 0 Å². The number of aryl methyl sites for hydroxylation is 1. The molecule has 0 aliphatic carbocycles. The third-order valence-corrected chi connectivity index (χ3v) is 2.84. The molecule has 0 atom stereocenters. The van der Waals surface area contributed by atoms with Crippen molar-refractivity contribution in [2.45, 2.75) is 20.8 Å². The molecule has 5 heteroatoms. The third kappa shape index (κ3) is 8.10. The SMILES string of the molecule is CC.CN.Cc1ccc(Nc2ccc(NN(C)/C=C\N)cc2)cc1. The van der Waals surface area contributed by atoms with Gasteiger partial charge in [0, 0.05) is 30.8 Å². The summed E-state index contributed by atoms with van der Waals surface area (Å²) in [5, 5.41) is 5.16. The quantitative estimate of drug-likeness (QED) is 0.623. The first-order chi connectivity index (χ1) is 11.7. The summed E-state index contributed by atoms with van der Waals surface area (Å²) in [6, 6.07) is 16.4. The highest BCUT2D eigenvalue weighted by atomic mass is 15.5. The Balaban J connectivity index is 0.00000123. The summed E-state index contributed by atoms with van der Waals surface area (Å²) in [5.41, 5.74) is 17.4. The van der Waals surface area contributed by atoms with Gasteiger partial charge in [0.15, 0.2) is 0 Å². The van der Waals surface area contributed by atoms with E-state index in [1.807, 2.05) is 45.2 Å². The van der Waals surface area contributed by atoms with Crippen LogP contribution in [0.4, 0.5) is 17.1 Å². The lowest BCUT2D eigenvalue weighted by atomic mass is 10.2. The van der Waals surface area contributed by atoms with Crippen molar-refractivity contribution in [1.29, 1.82) is 0 Å². The molecule has 0 unspecified atom stereocenters. The summed E-state index contributed by atoms with van der Waals surface area (Å²) in [6.45, 7) is 6.08. The highest BCUT2D eigenvalue weighted by Crippen LogP contribution is 2.19. The van der Waals surface area contributed by atoms with E-state index < -0.39 is 0 Å². The van der Waals surface area contributed by atoms with Crippen LogP contribution in [0, 0.1) is 6.92 Å². The minimum Gasteiger partial charge on any atom is -0.403 e. The molecule has 0 aromatic heterocycles. The van der Waals surface area contributed by atoms with Crippen molar-refractivity contribution < 1.29 is 0 Å². The fraction of sp³-hybridized carbons (Fsp3) is 0.263. The van der Waals surface area contributed by atoms with Crippen LogP contribution < -0.4 is 22.2 Å². The molecule has 2 rings (SSSR count). The summed E-state index contributed by atoms with van der Waals surface area (Å²) < 4.78 is 0. The maximum absolute atomic E-state index is 5.33.